The monoisotopic (exact) mass is 335 g/mol. The highest BCUT2D eigenvalue weighted by Gasteiger charge is 2.23. The maximum atomic E-state index is 12.0. The molecule has 1 aromatic heterocycles. The van der Waals surface area contributed by atoms with E-state index >= 15 is 0 Å². The maximum Gasteiger partial charge on any atom is 0.239 e. The number of piperazine rings is 1. The van der Waals surface area contributed by atoms with E-state index < -0.39 is 0 Å². The molecule has 0 bridgehead atoms. The van der Waals surface area contributed by atoms with Crippen LogP contribution in [0.4, 0.5) is 5.82 Å². The van der Waals surface area contributed by atoms with Gasteiger partial charge in [0.1, 0.15) is 5.76 Å². The van der Waals surface area contributed by atoms with Gasteiger partial charge in [-0.2, -0.15) is 0 Å². The predicted octanol–water partition coefficient (Wildman–Crippen LogP) is 0.0653. The Morgan fingerprint density at radius 2 is 1.79 bits per heavy atom. The second-order valence-electron chi connectivity index (χ2n) is 6.67. The van der Waals surface area contributed by atoms with E-state index in [9.17, 15) is 9.59 Å². The zero-order valence-electron chi connectivity index (χ0n) is 14.1. The van der Waals surface area contributed by atoms with Crippen molar-refractivity contribution < 1.29 is 14.1 Å². The quantitative estimate of drug-likeness (QED) is 0.733. The Bertz CT molecular complexity index is 576. The molecule has 2 N–H and O–H groups in total. The minimum atomic E-state index is -0.0982. The molecule has 0 unspecified atom stereocenters. The normalized spacial score (nSPS) is 19.2. The number of anilines is 1. The Labute approximate surface area is 141 Å². The number of carbonyl (C=O) groups is 2. The molecule has 2 aliphatic rings. The lowest BCUT2D eigenvalue weighted by atomic mass is 10.3. The third-order valence-corrected chi connectivity index (χ3v) is 4.38. The van der Waals surface area contributed by atoms with Gasteiger partial charge < -0.3 is 15.2 Å². The van der Waals surface area contributed by atoms with Crippen LogP contribution in [0.3, 0.4) is 0 Å². The molecule has 0 atom stereocenters. The lowest BCUT2D eigenvalue weighted by molar-refractivity contribution is -0.123. The number of hydrogen-bond acceptors (Lipinski definition) is 6. The molecule has 2 amide bonds. The van der Waals surface area contributed by atoms with E-state index in [4.69, 9.17) is 4.52 Å². The van der Waals surface area contributed by atoms with Crippen LogP contribution in [0.5, 0.6) is 0 Å². The zero-order chi connectivity index (χ0) is 16.9. The SMILES string of the molecule is Cc1cc(NC(=O)CN2CCN(CC(=O)NCC3CC3)CC2)no1. The van der Waals surface area contributed by atoms with E-state index in [0.717, 1.165) is 32.7 Å². The molecule has 1 aromatic rings. The lowest BCUT2D eigenvalue weighted by Crippen LogP contribution is -2.51. The minimum Gasteiger partial charge on any atom is -0.360 e. The average molecular weight is 335 g/mol. The summed E-state index contributed by atoms with van der Waals surface area (Å²) in [5.74, 6) is 1.83. The summed E-state index contributed by atoms with van der Waals surface area (Å²) in [6.45, 7) is 6.53. The molecular weight excluding hydrogens is 310 g/mol. The van der Waals surface area contributed by atoms with Crippen LogP contribution in [0, 0.1) is 12.8 Å². The Hall–Kier alpha value is -1.93. The average Bonchev–Trinajstić information content (AvgIpc) is 3.29. The first kappa shape index (κ1) is 16.9. The third kappa shape index (κ3) is 5.31. The van der Waals surface area contributed by atoms with Crippen LogP contribution in [-0.4, -0.2) is 72.6 Å². The Kier molecular flexibility index (Phi) is 5.47. The van der Waals surface area contributed by atoms with Crippen molar-refractivity contribution >= 4 is 17.6 Å². The zero-order valence-corrected chi connectivity index (χ0v) is 14.1. The van der Waals surface area contributed by atoms with Crippen LogP contribution in [0.25, 0.3) is 0 Å². The first-order valence-corrected chi connectivity index (χ1v) is 8.53. The van der Waals surface area contributed by atoms with Gasteiger partial charge >= 0.3 is 0 Å². The fourth-order valence-electron chi connectivity index (χ4n) is 2.76. The van der Waals surface area contributed by atoms with Gasteiger partial charge in [-0.1, -0.05) is 5.16 Å². The molecule has 0 spiro atoms. The van der Waals surface area contributed by atoms with Gasteiger partial charge in [0.15, 0.2) is 5.82 Å². The number of aryl methyl sites for hydroxylation is 1. The standard InChI is InChI=1S/C16H25N5O3/c1-12-8-14(19-24-12)18-16(23)11-21-6-4-20(5-7-21)10-15(22)17-9-13-2-3-13/h8,13H,2-7,9-11H2,1H3,(H,17,22)(H,18,19,23). The number of nitrogens with one attached hydrogen (secondary N) is 2. The summed E-state index contributed by atoms with van der Waals surface area (Å²) < 4.78 is 4.92. The Morgan fingerprint density at radius 1 is 1.17 bits per heavy atom. The molecule has 3 rings (SSSR count). The molecule has 1 aliphatic heterocycles. The molecule has 0 radical (unpaired) electrons. The second-order valence-corrected chi connectivity index (χ2v) is 6.67. The number of amides is 2. The number of carbonyl (C=O) groups excluding carboxylic acids is 2. The molecule has 2 heterocycles. The number of rotatable bonds is 7. The van der Waals surface area contributed by atoms with Gasteiger partial charge in [0.2, 0.25) is 11.8 Å². The van der Waals surface area contributed by atoms with E-state index in [1.165, 1.54) is 12.8 Å². The molecule has 132 valence electrons. The molecule has 8 nitrogen and oxygen atoms in total. The first-order chi connectivity index (χ1) is 11.6. The fraction of sp³-hybridized carbons (Fsp3) is 0.688. The van der Waals surface area contributed by atoms with Gasteiger partial charge in [-0.25, -0.2) is 0 Å². The van der Waals surface area contributed by atoms with Crippen LogP contribution in [0.2, 0.25) is 0 Å². The first-order valence-electron chi connectivity index (χ1n) is 8.53. The van der Waals surface area contributed by atoms with Crippen LogP contribution in [0.1, 0.15) is 18.6 Å². The van der Waals surface area contributed by atoms with E-state index in [2.05, 4.69) is 25.6 Å². The van der Waals surface area contributed by atoms with E-state index in [1.54, 1.807) is 13.0 Å². The molecule has 8 heteroatoms. The molecular formula is C16H25N5O3. The van der Waals surface area contributed by atoms with E-state index in [0.29, 0.717) is 30.6 Å². The van der Waals surface area contributed by atoms with Gasteiger partial charge in [-0.05, 0) is 25.7 Å². The number of nitrogens with zero attached hydrogens (tertiary/aromatic N) is 3. The molecule has 1 aliphatic carbocycles. The van der Waals surface area contributed by atoms with Crippen molar-refractivity contribution in [1.29, 1.82) is 0 Å². The van der Waals surface area contributed by atoms with Crippen molar-refractivity contribution in [2.45, 2.75) is 19.8 Å². The van der Waals surface area contributed by atoms with Crippen molar-refractivity contribution in [2.24, 2.45) is 5.92 Å². The second kappa shape index (κ2) is 7.76. The molecule has 1 saturated heterocycles. The number of hydrogen-bond donors (Lipinski definition) is 2. The van der Waals surface area contributed by atoms with Crippen LogP contribution in [0.15, 0.2) is 10.6 Å². The Balaban J connectivity index is 1.32. The summed E-state index contributed by atoms with van der Waals surface area (Å²) in [6.07, 6.45) is 2.49. The van der Waals surface area contributed by atoms with Crippen molar-refractivity contribution in [3.63, 3.8) is 0 Å². The summed E-state index contributed by atoms with van der Waals surface area (Å²) in [7, 11) is 0. The summed E-state index contributed by atoms with van der Waals surface area (Å²) in [5, 5.41) is 9.46. The topological polar surface area (TPSA) is 90.7 Å². The summed E-state index contributed by atoms with van der Waals surface area (Å²) >= 11 is 0. The molecule has 2 fully saturated rings. The van der Waals surface area contributed by atoms with Crippen molar-refractivity contribution in [3.05, 3.63) is 11.8 Å². The molecule has 1 saturated carbocycles. The van der Waals surface area contributed by atoms with E-state index in [-0.39, 0.29) is 11.8 Å². The van der Waals surface area contributed by atoms with Gasteiger partial charge in [0, 0.05) is 38.8 Å². The van der Waals surface area contributed by atoms with Gasteiger partial charge in [-0.15, -0.1) is 0 Å². The lowest BCUT2D eigenvalue weighted by Gasteiger charge is -2.33. The predicted molar refractivity (Wildman–Crippen MR) is 88.5 cm³/mol. The highest BCUT2D eigenvalue weighted by molar-refractivity contribution is 5.91. The molecule has 0 aromatic carbocycles. The molecule has 24 heavy (non-hydrogen) atoms. The van der Waals surface area contributed by atoms with Gasteiger partial charge in [-0.3, -0.25) is 19.4 Å². The van der Waals surface area contributed by atoms with Crippen LogP contribution in [-0.2, 0) is 9.59 Å². The van der Waals surface area contributed by atoms with Gasteiger partial charge in [0.05, 0.1) is 13.1 Å². The summed E-state index contributed by atoms with van der Waals surface area (Å²) in [5.41, 5.74) is 0. The summed E-state index contributed by atoms with van der Waals surface area (Å²) in [6, 6.07) is 1.69. The maximum absolute atomic E-state index is 12.0. The van der Waals surface area contributed by atoms with E-state index in [1.807, 2.05) is 0 Å². The van der Waals surface area contributed by atoms with Crippen molar-refractivity contribution in [1.82, 2.24) is 20.3 Å². The smallest absolute Gasteiger partial charge is 0.239 e. The fourth-order valence-corrected chi connectivity index (χ4v) is 2.76. The van der Waals surface area contributed by atoms with Crippen molar-refractivity contribution in [3.8, 4) is 0 Å². The van der Waals surface area contributed by atoms with Gasteiger partial charge in [0.25, 0.3) is 0 Å². The highest BCUT2D eigenvalue weighted by atomic mass is 16.5. The minimum absolute atomic E-state index is 0.0982. The Morgan fingerprint density at radius 3 is 2.33 bits per heavy atom. The highest BCUT2D eigenvalue weighted by Crippen LogP contribution is 2.27. The summed E-state index contributed by atoms with van der Waals surface area (Å²) in [4.78, 5) is 28.1. The van der Waals surface area contributed by atoms with Crippen LogP contribution < -0.4 is 10.6 Å². The van der Waals surface area contributed by atoms with Crippen LogP contribution >= 0.6 is 0 Å². The largest absolute Gasteiger partial charge is 0.360 e. The third-order valence-electron chi connectivity index (χ3n) is 4.38. The van der Waals surface area contributed by atoms with Crippen molar-refractivity contribution in [2.75, 3.05) is 51.1 Å². The number of aromatic nitrogens is 1.